The average molecular weight is 440 g/mol. The molecule has 0 N–H and O–H groups in total. The third-order valence-corrected chi connectivity index (χ3v) is 8.02. The van der Waals surface area contributed by atoms with Crippen molar-refractivity contribution in [2.24, 2.45) is 7.05 Å². The van der Waals surface area contributed by atoms with E-state index in [4.69, 9.17) is 0 Å². The first kappa shape index (κ1) is 18.7. The molecule has 0 spiro atoms. The number of nitrogens with zero attached hydrogens (tertiary/aromatic N) is 1. The molecule has 0 unspecified atom stereocenters. The van der Waals surface area contributed by atoms with Gasteiger partial charge in [0.15, 0.2) is 0 Å². The van der Waals surface area contributed by atoms with Crippen LogP contribution in [-0.4, -0.2) is 4.57 Å². The second-order valence-electron chi connectivity index (χ2n) is 8.67. The van der Waals surface area contributed by atoms with Crippen molar-refractivity contribution < 1.29 is 0 Å². The minimum atomic E-state index is 1.25. The maximum atomic E-state index is 2.35. The molecule has 7 aromatic rings. The van der Waals surface area contributed by atoms with Gasteiger partial charge in [-0.1, -0.05) is 84.9 Å². The number of thiophene rings is 1. The van der Waals surface area contributed by atoms with E-state index < -0.39 is 0 Å². The fourth-order valence-corrected chi connectivity index (χ4v) is 6.42. The van der Waals surface area contributed by atoms with Crippen LogP contribution in [0.25, 0.3) is 64.2 Å². The van der Waals surface area contributed by atoms with Gasteiger partial charge in [0.2, 0.25) is 0 Å². The number of aromatic nitrogens is 1. The van der Waals surface area contributed by atoms with Crippen LogP contribution in [0.3, 0.4) is 0 Å². The SMILES string of the molecule is Cn1c2cc(-c3cccc(-c4ccccc4)c3)ccc2c2c3sc4ccccc4c3ccc21. The van der Waals surface area contributed by atoms with Gasteiger partial charge in [0.05, 0.1) is 5.52 Å². The number of hydrogen-bond acceptors (Lipinski definition) is 1. The van der Waals surface area contributed by atoms with Crippen molar-refractivity contribution >= 4 is 53.3 Å². The summed E-state index contributed by atoms with van der Waals surface area (Å²) in [6, 6.07) is 39.7. The molecule has 7 rings (SSSR count). The van der Waals surface area contributed by atoms with E-state index in [9.17, 15) is 0 Å². The summed E-state index contributed by atoms with van der Waals surface area (Å²) in [5, 5.41) is 5.41. The Labute approximate surface area is 196 Å². The van der Waals surface area contributed by atoms with E-state index in [1.54, 1.807) is 0 Å². The Bertz CT molecular complexity index is 1820. The lowest BCUT2D eigenvalue weighted by Gasteiger charge is -2.07. The summed E-state index contributed by atoms with van der Waals surface area (Å²) in [5.41, 5.74) is 7.56. The van der Waals surface area contributed by atoms with Crippen molar-refractivity contribution in [2.45, 2.75) is 0 Å². The number of rotatable bonds is 2. The van der Waals surface area contributed by atoms with Crippen molar-refractivity contribution in [3.05, 3.63) is 109 Å². The highest BCUT2D eigenvalue weighted by atomic mass is 32.1. The number of benzene rings is 5. The highest BCUT2D eigenvalue weighted by molar-refractivity contribution is 7.26. The Balaban J connectivity index is 1.46. The lowest BCUT2D eigenvalue weighted by atomic mass is 9.98. The second kappa shape index (κ2) is 7.06. The second-order valence-corrected chi connectivity index (χ2v) is 9.72. The molecule has 2 heteroatoms. The molecular weight excluding hydrogens is 418 g/mol. The van der Waals surface area contributed by atoms with E-state index in [1.165, 1.54) is 64.2 Å². The summed E-state index contributed by atoms with van der Waals surface area (Å²) in [7, 11) is 2.19. The number of fused-ring (bicyclic) bond motifs is 7. The molecule has 0 amide bonds. The van der Waals surface area contributed by atoms with Gasteiger partial charge in [-0.25, -0.2) is 0 Å². The van der Waals surface area contributed by atoms with Crippen LogP contribution in [0, 0.1) is 0 Å². The molecule has 0 saturated carbocycles. The van der Waals surface area contributed by atoms with Gasteiger partial charge in [0.25, 0.3) is 0 Å². The van der Waals surface area contributed by atoms with E-state index in [0.29, 0.717) is 0 Å². The smallest absolute Gasteiger partial charge is 0.0503 e. The average Bonchev–Trinajstić information content (AvgIpc) is 3.40. The van der Waals surface area contributed by atoms with Gasteiger partial charge >= 0.3 is 0 Å². The standard InChI is InChI=1S/C31H21NS/c1-32-27-17-16-25-24-12-5-6-13-29(24)33-31(25)30(27)26-15-14-23(19-28(26)32)22-11-7-10-21(18-22)20-8-3-2-4-9-20/h2-19H,1H3. The van der Waals surface area contributed by atoms with E-state index in [0.717, 1.165) is 0 Å². The zero-order valence-corrected chi connectivity index (χ0v) is 19.1. The molecule has 0 saturated heterocycles. The zero-order chi connectivity index (χ0) is 21.9. The largest absolute Gasteiger partial charge is 0.344 e. The fraction of sp³-hybridized carbons (Fsp3) is 0.0323. The molecule has 2 heterocycles. The number of hydrogen-bond donors (Lipinski definition) is 0. The van der Waals surface area contributed by atoms with Gasteiger partial charge in [0, 0.05) is 43.5 Å². The van der Waals surface area contributed by atoms with Crippen LogP contribution in [0.2, 0.25) is 0 Å². The molecule has 5 aromatic carbocycles. The predicted molar refractivity (Wildman–Crippen MR) is 144 cm³/mol. The fourth-order valence-electron chi connectivity index (χ4n) is 5.16. The summed E-state index contributed by atoms with van der Waals surface area (Å²) in [5.74, 6) is 0. The van der Waals surface area contributed by atoms with Crippen molar-refractivity contribution in [3.8, 4) is 22.3 Å². The quantitative estimate of drug-likeness (QED) is 0.253. The number of aryl methyl sites for hydroxylation is 1. The Hall–Kier alpha value is -3.88. The van der Waals surface area contributed by atoms with Crippen LogP contribution in [0.5, 0.6) is 0 Å². The Morgan fingerprint density at radius 3 is 2.09 bits per heavy atom. The summed E-state index contributed by atoms with van der Waals surface area (Å²) in [6.45, 7) is 0. The molecule has 0 aliphatic carbocycles. The summed E-state index contributed by atoms with van der Waals surface area (Å²) in [4.78, 5) is 0. The van der Waals surface area contributed by atoms with Gasteiger partial charge in [-0.2, -0.15) is 0 Å². The molecule has 33 heavy (non-hydrogen) atoms. The minimum Gasteiger partial charge on any atom is -0.344 e. The molecule has 0 aliphatic rings. The third kappa shape index (κ3) is 2.78. The van der Waals surface area contributed by atoms with Crippen LogP contribution in [-0.2, 0) is 7.05 Å². The van der Waals surface area contributed by atoms with Gasteiger partial charge in [0.1, 0.15) is 0 Å². The van der Waals surface area contributed by atoms with E-state index in [-0.39, 0.29) is 0 Å². The van der Waals surface area contributed by atoms with E-state index in [1.807, 2.05) is 11.3 Å². The van der Waals surface area contributed by atoms with Crippen LogP contribution >= 0.6 is 11.3 Å². The first-order chi connectivity index (χ1) is 16.3. The van der Waals surface area contributed by atoms with Crippen LogP contribution in [0.15, 0.2) is 109 Å². The molecule has 0 bridgehead atoms. The van der Waals surface area contributed by atoms with Crippen LogP contribution in [0.1, 0.15) is 0 Å². The molecule has 0 fully saturated rings. The molecule has 2 aromatic heterocycles. The molecule has 0 aliphatic heterocycles. The molecular formula is C31H21NS. The lowest BCUT2D eigenvalue weighted by molar-refractivity contribution is 1.01. The van der Waals surface area contributed by atoms with Gasteiger partial charge in [-0.3, -0.25) is 0 Å². The normalized spacial score (nSPS) is 11.8. The van der Waals surface area contributed by atoms with E-state index >= 15 is 0 Å². The highest BCUT2D eigenvalue weighted by Gasteiger charge is 2.15. The minimum absolute atomic E-state index is 1.25. The Morgan fingerprint density at radius 2 is 1.21 bits per heavy atom. The maximum absolute atomic E-state index is 2.35. The third-order valence-electron chi connectivity index (χ3n) is 6.82. The van der Waals surface area contributed by atoms with Crippen molar-refractivity contribution in [2.75, 3.05) is 0 Å². The predicted octanol–water partition coefficient (Wildman–Crippen LogP) is 9.03. The zero-order valence-electron chi connectivity index (χ0n) is 18.2. The summed E-state index contributed by atoms with van der Waals surface area (Å²) >= 11 is 1.91. The monoisotopic (exact) mass is 439 g/mol. The highest BCUT2D eigenvalue weighted by Crippen LogP contribution is 2.42. The van der Waals surface area contributed by atoms with Crippen LogP contribution < -0.4 is 0 Å². The van der Waals surface area contributed by atoms with Gasteiger partial charge in [-0.15, -0.1) is 11.3 Å². The lowest BCUT2D eigenvalue weighted by Crippen LogP contribution is -1.87. The first-order valence-corrected chi connectivity index (χ1v) is 12.1. The van der Waals surface area contributed by atoms with Crippen molar-refractivity contribution in [1.29, 1.82) is 0 Å². The summed E-state index contributed by atoms with van der Waals surface area (Å²) < 4.78 is 5.09. The summed E-state index contributed by atoms with van der Waals surface area (Å²) in [6.07, 6.45) is 0. The maximum Gasteiger partial charge on any atom is 0.0503 e. The Kier molecular flexibility index (Phi) is 3.99. The van der Waals surface area contributed by atoms with Gasteiger partial charge < -0.3 is 4.57 Å². The van der Waals surface area contributed by atoms with E-state index in [2.05, 4.69) is 121 Å². The van der Waals surface area contributed by atoms with Crippen LogP contribution in [0.4, 0.5) is 0 Å². The molecule has 0 atom stereocenters. The molecule has 0 radical (unpaired) electrons. The van der Waals surface area contributed by atoms with Gasteiger partial charge in [-0.05, 0) is 46.5 Å². The first-order valence-electron chi connectivity index (χ1n) is 11.3. The Morgan fingerprint density at radius 1 is 0.515 bits per heavy atom. The molecule has 1 nitrogen and oxygen atoms in total. The topological polar surface area (TPSA) is 4.93 Å². The molecule has 156 valence electrons. The van der Waals surface area contributed by atoms with Crippen molar-refractivity contribution in [3.63, 3.8) is 0 Å². The van der Waals surface area contributed by atoms with Crippen molar-refractivity contribution in [1.82, 2.24) is 4.57 Å².